The fourth-order valence-electron chi connectivity index (χ4n) is 2.10. The van der Waals surface area contributed by atoms with Gasteiger partial charge in [-0.25, -0.2) is 19.2 Å². The van der Waals surface area contributed by atoms with Gasteiger partial charge in [-0.3, -0.25) is 4.79 Å². The molecule has 2 rings (SSSR count). The second-order valence-electron chi connectivity index (χ2n) is 4.50. The molecule has 1 heterocycles. The predicted molar refractivity (Wildman–Crippen MR) is 77.9 cm³/mol. The third-order valence-electron chi connectivity index (χ3n) is 3.02. The molecule has 1 atom stereocenters. The van der Waals surface area contributed by atoms with Crippen molar-refractivity contribution in [3.05, 3.63) is 41.2 Å². The number of alkyl halides is 3. The predicted octanol–water partition coefficient (Wildman–Crippen LogP) is 3.58. The van der Waals surface area contributed by atoms with Crippen LogP contribution in [0.2, 0.25) is 0 Å². The second-order valence-corrected chi connectivity index (χ2v) is 6.00. The number of benzene rings is 1. The summed E-state index contributed by atoms with van der Waals surface area (Å²) in [4.78, 5) is 13.1. The monoisotopic (exact) mass is 483 g/mol. The van der Waals surface area contributed by atoms with Crippen LogP contribution >= 0.6 is 22.6 Å². The summed E-state index contributed by atoms with van der Waals surface area (Å²) < 4.78 is 38.1. The molecule has 0 fully saturated rings. The molecule has 2 nitrogen and oxygen atoms in total. The van der Waals surface area contributed by atoms with Crippen LogP contribution in [0.3, 0.4) is 0 Å². The van der Waals surface area contributed by atoms with E-state index in [-0.39, 0.29) is 38.6 Å². The summed E-state index contributed by atoms with van der Waals surface area (Å²) in [6.07, 6.45) is 0.729. The van der Waals surface area contributed by atoms with E-state index in [1.54, 1.807) is 6.92 Å². The van der Waals surface area contributed by atoms with E-state index in [1.165, 1.54) is 18.2 Å². The van der Waals surface area contributed by atoms with Crippen LogP contribution in [-0.4, -0.2) is 27.7 Å². The molecular weight excluding hydrogens is 471 g/mol. The first-order chi connectivity index (χ1) is 9.40. The molecular formula is C14H12F3INOY-. The number of halogens is 4. The van der Waals surface area contributed by atoms with Crippen LogP contribution in [0.15, 0.2) is 18.2 Å². The molecule has 0 aromatic heterocycles. The number of aryl methyl sites for hydroxylation is 1. The summed E-state index contributed by atoms with van der Waals surface area (Å²) in [6.45, 7) is 1.01. The Morgan fingerprint density at radius 3 is 2.71 bits per heavy atom. The van der Waals surface area contributed by atoms with Crippen molar-refractivity contribution in [3.8, 4) is 0 Å². The second kappa shape index (κ2) is 8.06. The summed E-state index contributed by atoms with van der Waals surface area (Å²) in [5, 5.41) is 0. The molecule has 1 amide bonds. The number of carbonyl (C=O) groups is 1. The zero-order valence-electron chi connectivity index (χ0n) is 11.2. The van der Waals surface area contributed by atoms with Gasteiger partial charge in [-0.05, 0) is 12.1 Å². The number of allylic oxidation sites excluding steroid dienone is 1. The van der Waals surface area contributed by atoms with Crippen LogP contribution in [0.1, 0.15) is 17.5 Å². The molecule has 111 valence electrons. The van der Waals surface area contributed by atoms with Gasteiger partial charge in [0.15, 0.2) is 0 Å². The molecule has 0 saturated heterocycles. The van der Waals surface area contributed by atoms with Gasteiger partial charge in [-0.2, -0.15) is 0 Å². The molecule has 1 aliphatic heterocycles. The molecule has 1 aliphatic rings. The molecule has 21 heavy (non-hydrogen) atoms. The molecule has 0 saturated carbocycles. The molecule has 1 radical (unpaired) electrons. The molecule has 0 N–H and O–H groups in total. The summed E-state index contributed by atoms with van der Waals surface area (Å²) in [5.74, 6) is -0.760. The van der Waals surface area contributed by atoms with Gasteiger partial charge in [0.2, 0.25) is 5.91 Å². The Morgan fingerprint density at radius 1 is 1.48 bits per heavy atom. The van der Waals surface area contributed by atoms with Crippen molar-refractivity contribution < 1.29 is 50.7 Å². The van der Waals surface area contributed by atoms with Crippen molar-refractivity contribution >= 4 is 34.2 Å². The molecule has 0 aliphatic carbocycles. The van der Waals surface area contributed by atoms with E-state index in [1.807, 2.05) is 22.6 Å². The smallest absolute Gasteiger partial charge is 0.256 e. The summed E-state index contributed by atoms with van der Waals surface area (Å²) in [6, 6.07) is 4.05. The van der Waals surface area contributed by atoms with Crippen molar-refractivity contribution in [2.45, 2.75) is 23.7 Å². The summed E-state index contributed by atoms with van der Waals surface area (Å²) >= 11 is 1.92. The van der Waals surface area contributed by atoms with Crippen LogP contribution in [0.5, 0.6) is 0 Å². The molecule has 1 aromatic carbocycles. The van der Waals surface area contributed by atoms with E-state index in [2.05, 4.69) is 6.08 Å². The zero-order chi connectivity index (χ0) is 14.9. The molecule has 1 aromatic rings. The van der Waals surface area contributed by atoms with Crippen LogP contribution in [0, 0.1) is 18.8 Å². The molecule has 0 bridgehead atoms. The van der Waals surface area contributed by atoms with Gasteiger partial charge in [0, 0.05) is 32.7 Å². The minimum Gasteiger partial charge on any atom is -0.341 e. The fourth-order valence-corrected chi connectivity index (χ4v) is 2.66. The minimum absolute atomic E-state index is 0. The third kappa shape index (κ3) is 4.51. The largest absolute Gasteiger partial charge is 0.341 e. The van der Waals surface area contributed by atoms with Gasteiger partial charge in [-0.1, -0.05) is 35.9 Å². The van der Waals surface area contributed by atoms with Gasteiger partial charge in [0.25, 0.3) is 6.43 Å². The number of carbonyl (C=O) groups excluding carboxylic acids is 1. The normalized spacial score (nSPS) is 18.6. The SMILES string of the molecule is Cc1cc(F)ccc1C1=[C-]CC(I)C(=O)N1CC(F)F.[Y]. The van der Waals surface area contributed by atoms with Crippen molar-refractivity contribution in [3.63, 3.8) is 0 Å². The van der Waals surface area contributed by atoms with Gasteiger partial charge < -0.3 is 4.90 Å². The first-order valence-electron chi connectivity index (χ1n) is 6.01. The Hall–Kier alpha value is 0.0539. The summed E-state index contributed by atoms with van der Waals surface area (Å²) in [7, 11) is 0. The molecule has 7 heteroatoms. The van der Waals surface area contributed by atoms with Crippen LogP contribution in [0.4, 0.5) is 13.2 Å². The van der Waals surface area contributed by atoms with Crippen LogP contribution < -0.4 is 0 Å². The van der Waals surface area contributed by atoms with E-state index >= 15 is 0 Å². The van der Waals surface area contributed by atoms with Gasteiger partial charge in [0.05, 0.1) is 10.5 Å². The standard InChI is InChI=1S/C14H12F3INO.Y/c1-8-6-9(15)2-3-10(8)12-5-4-11(18)14(20)19(12)7-13(16)17;/h2-3,6,11,13H,4,7H2,1H3;/q-1;. The van der Waals surface area contributed by atoms with E-state index in [0.29, 0.717) is 23.2 Å². The van der Waals surface area contributed by atoms with Crippen LogP contribution in [-0.2, 0) is 37.5 Å². The maximum Gasteiger partial charge on any atom is 0.256 e. The van der Waals surface area contributed by atoms with Gasteiger partial charge >= 0.3 is 0 Å². The average molecular weight is 483 g/mol. The van der Waals surface area contributed by atoms with Gasteiger partial charge in [-0.15, -0.1) is 22.9 Å². The number of rotatable bonds is 3. The van der Waals surface area contributed by atoms with Crippen LogP contribution in [0.25, 0.3) is 5.70 Å². The van der Waals surface area contributed by atoms with Crippen molar-refractivity contribution in [2.75, 3.05) is 6.54 Å². The number of hydrogen-bond acceptors (Lipinski definition) is 1. The topological polar surface area (TPSA) is 20.3 Å². The minimum atomic E-state index is -2.63. The van der Waals surface area contributed by atoms with Crippen molar-refractivity contribution in [2.24, 2.45) is 0 Å². The number of hydrogen-bond donors (Lipinski definition) is 0. The fraction of sp³-hybridized carbons (Fsp3) is 0.357. The Balaban J connectivity index is 0.00000220. The Morgan fingerprint density at radius 2 is 2.14 bits per heavy atom. The van der Waals surface area contributed by atoms with Crippen molar-refractivity contribution in [1.82, 2.24) is 4.90 Å². The van der Waals surface area contributed by atoms with E-state index < -0.39 is 22.7 Å². The van der Waals surface area contributed by atoms with Gasteiger partial charge in [0.1, 0.15) is 5.82 Å². The zero-order valence-corrected chi connectivity index (χ0v) is 16.2. The molecule has 0 spiro atoms. The van der Waals surface area contributed by atoms with Crippen molar-refractivity contribution in [1.29, 1.82) is 0 Å². The van der Waals surface area contributed by atoms with E-state index in [0.717, 1.165) is 4.90 Å². The Labute approximate surface area is 160 Å². The number of amides is 1. The first kappa shape index (κ1) is 19.1. The quantitative estimate of drug-likeness (QED) is 0.366. The van der Waals surface area contributed by atoms with E-state index in [4.69, 9.17) is 0 Å². The summed E-state index contributed by atoms with van der Waals surface area (Å²) in [5.41, 5.74) is 1.47. The third-order valence-corrected chi connectivity index (χ3v) is 3.99. The Kier molecular flexibility index (Phi) is 7.33. The van der Waals surface area contributed by atoms with E-state index in [9.17, 15) is 18.0 Å². The average Bonchev–Trinajstić information content (AvgIpc) is 2.36. The molecule has 1 unspecified atom stereocenters. The number of nitrogens with zero attached hydrogens (tertiary/aromatic N) is 1. The maximum atomic E-state index is 13.1. The first-order valence-corrected chi connectivity index (χ1v) is 7.25. The maximum absolute atomic E-state index is 13.1. The Bertz CT molecular complexity index is 565.